The summed E-state index contributed by atoms with van der Waals surface area (Å²) in [4.78, 5) is 13.2. The van der Waals surface area contributed by atoms with E-state index in [0.29, 0.717) is 12.6 Å². The van der Waals surface area contributed by atoms with Gasteiger partial charge in [-0.15, -0.1) is 0 Å². The number of hydrogen-bond acceptors (Lipinski definition) is 3. The van der Waals surface area contributed by atoms with Crippen molar-refractivity contribution in [1.82, 2.24) is 10.2 Å². The van der Waals surface area contributed by atoms with Crippen LogP contribution in [-0.2, 0) is 4.79 Å². The number of aliphatic carboxylic acids is 1. The third-order valence-electron chi connectivity index (χ3n) is 3.30. The maximum absolute atomic E-state index is 11.1. The van der Waals surface area contributed by atoms with Crippen molar-refractivity contribution in [2.45, 2.75) is 51.7 Å². The van der Waals surface area contributed by atoms with E-state index in [2.05, 4.69) is 17.1 Å². The molecule has 0 bridgehead atoms. The number of hydrogen-bond donors (Lipinski definition) is 2. The zero-order chi connectivity index (χ0) is 12.3. The van der Waals surface area contributed by atoms with Gasteiger partial charge in [-0.25, -0.2) is 0 Å². The first-order chi connectivity index (χ1) is 7.41. The predicted molar refractivity (Wildman–Crippen MR) is 64.5 cm³/mol. The summed E-state index contributed by atoms with van der Waals surface area (Å²) in [7, 11) is 2.01. The van der Waals surface area contributed by atoms with Crippen LogP contribution in [0.5, 0.6) is 0 Å². The third kappa shape index (κ3) is 4.10. The van der Waals surface area contributed by atoms with E-state index >= 15 is 0 Å². The van der Waals surface area contributed by atoms with Crippen LogP contribution in [0, 0.1) is 5.92 Å². The van der Waals surface area contributed by atoms with Gasteiger partial charge in [0.15, 0.2) is 0 Å². The van der Waals surface area contributed by atoms with Gasteiger partial charge in [-0.2, -0.15) is 0 Å². The number of likely N-dealkylation sites (N-methyl/N-ethyl adjacent to an activating group) is 1. The van der Waals surface area contributed by atoms with Crippen molar-refractivity contribution in [3.8, 4) is 0 Å². The summed E-state index contributed by atoms with van der Waals surface area (Å²) in [6.07, 6.45) is 2.59. The van der Waals surface area contributed by atoms with Gasteiger partial charge in [0.05, 0.1) is 0 Å². The molecule has 0 aromatic carbocycles. The van der Waals surface area contributed by atoms with Gasteiger partial charge in [-0.05, 0) is 32.7 Å². The number of carboxylic acids is 1. The Labute approximate surface area is 98.0 Å². The molecule has 0 saturated heterocycles. The molecule has 4 nitrogen and oxygen atoms in total. The summed E-state index contributed by atoms with van der Waals surface area (Å²) in [6.45, 7) is 6.71. The minimum absolute atomic E-state index is 0.200. The smallest absolute Gasteiger partial charge is 0.322 e. The average molecular weight is 228 g/mol. The Bertz CT molecular complexity index is 239. The molecule has 2 unspecified atom stereocenters. The van der Waals surface area contributed by atoms with Crippen molar-refractivity contribution in [2.24, 2.45) is 5.92 Å². The Kier molecular flexibility index (Phi) is 4.74. The molecule has 1 aliphatic carbocycles. The monoisotopic (exact) mass is 228 g/mol. The van der Waals surface area contributed by atoms with E-state index in [4.69, 9.17) is 5.11 Å². The number of nitrogens with one attached hydrogen (secondary N) is 1. The highest BCUT2D eigenvalue weighted by atomic mass is 16.4. The fourth-order valence-electron chi connectivity index (χ4n) is 2.00. The highest BCUT2D eigenvalue weighted by molar-refractivity contribution is 5.73. The van der Waals surface area contributed by atoms with Crippen molar-refractivity contribution in [3.63, 3.8) is 0 Å². The Morgan fingerprint density at radius 2 is 2.00 bits per heavy atom. The SMILES string of the molecule is CC(C)NC(CN(C)C(C)C1CC1)C(=O)O. The molecule has 94 valence electrons. The molecule has 1 aliphatic rings. The van der Waals surface area contributed by atoms with Crippen LogP contribution in [0.1, 0.15) is 33.6 Å². The molecule has 0 aromatic heterocycles. The van der Waals surface area contributed by atoms with Gasteiger partial charge in [0.2, 0.25) is 0 Å². The lowest BCUT2D eigenvalue weighted by Crippen LogP contribution is -2.49. The quantitative estimate of drug-likeness (QED) is 0.687. The maximum atomic E-state index is 11.1. The fourth-order valence-corrected chi connectivity index (χ4v) is 2.00. The van der Waals surface area contributed by atoms with Crippen LogP contribution in [0.2, 0.25) is 0 Å². The van der Waals surface area contributed by atoms with Gasteiger partial charge in [-0.3, -0.25) is 4.79 Å². The summed E-state index contributed by atoms with van der Waals surface area (Å²) < 4.78 is 0. The Morgan fingerprint density at radius 3 is 2.38 bits per heavy atom. The van der Waals surface area contributed by atoms with Gasteiger partial charge in [0, 0.05) is 18.6 Å². The summed E-state index contributed by atoms with van der Waals surface area (Å²) in [5, 5.41) is 12.2. The van der Waals surface area contributed by atoms with Crippen LogP contribution in [0.4, 0.5) is 0 Å². The second-order valence-electron chi connectivity index (χ2n) is 5.23. The first-order valence-corrected chi connectivity index (χ1v) is 6.11. The second kappa shape index (κ2) is 5.64. The van der Waals surface area contributed by atoms with Gasteiger partial charge < -0.3 is 15.3 Å². The molecule has 1 saturated carbocycles. The molecule has 0 aromatic rings. The zero-order valence-corrected chi connectivity index (χ0v) is 10.7. The van der Waals surface area contributed by atoms with Crippen LogP contribution < -0.4 is 5.32 Å². The number of rotatable bonds is 7. The van der Waals surface area contributed by atoms with Crippen LogP contribution >= 0.6 is 0 Å². The third-order valence-corrected chi connectivity index (χ3v) is 3.30. The molecule has 0 heterocycles. The minimum atomic E-state index is -0.761. The van der Waals surface area contributed by atoms with Gasteiger partial charge in [0.25, 0.3) is 0 Å². The van der Waals surface area contributed by atoms with E-state index in [1.54, 1.807) is 0 Å². The van der Waals surface area contributed by atoms with Crippen LogP contribution in [0.25, 0.3) is 0 Å². The first kappa shape index (κ1) is 13.5. The molecule has 0 amide bonds. The number of carbonyl (C=O) groups is 1. The van der Waals surface area contributed by atoms with E-state index in [1.807, 2.05) is 20.9 Å². The van der Waals surface area contributed by atoms with Crippen molar-refractivity contribution in [2.75, 3.05) is 13.6 Å². The Hall–Kier alpha value is -0.610. The molecule has 0 spiro atoms. The van der Waals surface area contributed by atoms with Crippen LogP contribution in [0.15, 0.2) is 0 Å². The van der Waals surface area contributed by atoms with Gasteiger partial charge in [0.1, 0.15) is 6.04 Å². The average Bonchev–Trinajstić information content (AvgIpc) is 2.97. The van der Waals surface area contributed by atoms with E-state index in [9.17, 15) is 4.79 Å². The van der Waals surface area contributed by atoms with Gasteiger partial charge >= 0.3 is 5.97 Å². The van der Waals surface area contributed by atoms with E-state index in [-0.39, 0.29) is 6.04 Å². The lowest BCUT2D eigenvalue weighted by atomic mass is 10.1. The molecule has 0 aliphatic heterocycles. The normalized spacial score (nSPS) is 20.1. The Morgan fingerprint density at radius 1 is 1.44 bits per heavy atom. The highest BCUT2D eigenvalue weighted by Crippen LogP contribution is 2.34. The van der Waals surface area contributed by atoms with Crippen molar-refractivity contribution >= 4 is 5.97 Å². The molecule has 1 rings (SSSR count). The maximum Gasteiger partial charge on any atom is 0.322 e. The van der Waals surface area contributed by atoms with E-state index < -0.39 is 12.0 Å². The molecule has 2 atom stereocenters. The summed E-state index contributed by atoms with van der Waals surface area (Å²) in [5.41, 5.74) is 0. The van der Waals surface area contributed by atoms with Crippen molar-refractivity contribution < 1.29 is 9.90 Å². The van der Waals surface area contributed by atoms with E-state index in [0.717, 1.165) is 5.92 Å². The molecule has 4 heteroatoms. The standard InChI is InChI=1S/C12H24N2O2/c1-8(2)13-11(12(15)16)7-14(4)9(3)10-5-6-10/h8-11,13H,5-7H2,1-4H3,(H,15,16). The zero-order valence-electron chi connectivity index (χ0n) is 10.7. The van der Waals surface area contributed by atoms with Crippen molar-refractivity contribution in [1.29, 1.82) is 0 Å². The van der Waals surface area contributed by atoms with Crippen LogP contribution in [0.3, 0.4) is 0 Å². The second-order valence-corrected chi connectivity index (χ2v) is 5.23. The molecular weight excluding hydrogens is 204 g/mol. The molecule has 2 N–H and O–H groups in total. The number of carboxylic acid groups (broad SMARTS) is 1. The topological polar surface area (TPSA) is 52.6 Å². The summed E-state index contributed by atoms with van der Waals surface area (Å²) >= 11 is 0. The summed E-state index contributed by atoms with van der Waals surface area (Å²) in [5.74, 6) is 0.0158. The lowest BCUT2D eigenvalue weighted by molar-refractivity contribution is -0.140. The first-order valence-electron chi connectivity index (χ1n) is 6.11. The van der Waals surface area contributed by atoms with Crippen LogP contribution in [-0.4, -0.2) is 47.7 Å². The number of nitrogens with zero attached hydrogens (tertiary/aromatic N) is 1. The van der Waals surface area contributed by atoms with Crippen molar-refractivity contribution in [3.05, 3.63) is 0 Å². The Balaban J connectivity index is 2.43. The largest absolute Gasteiger partial charge is 0.480 e. The fraction of sp³-hybridized carbons (Fsp3) is 0.917. The predicted octanol–water partition coefficient (Wildman–Crippen LogP) is 1.17. The van der Waals surface area contributed by atoms with Gasteiger partial charge in [-0.1, -0.05) is 13.8 Å². The minimum Gasteiger partial charge on any atom is -0.480 e. The molecule has 0 radical (unpaired) electrons. The van der Waals surface area contributed by atoms with E-state index in [1.165, 1.54) is 12.8 Å². The highest BCUT2D eigenvalue weighted by Gasteiger charge is 2.32. The molecule has 1 fully saturated rings. The lowest BCUT2D eigenvalue weighted by Gasteiger charge is -2.28. The molecule has 16 heavy (non-hydrogen) atoms. The summed E-state index contributed by atoms with van der Waals surface area (Å²) in [6, 6.07) is 0.229. The molecular formula is C12H24N2O2.